The summed E-state index contributed by atoms with van der Waals surface area (Å²) in [5.74, 6) is 1.66. The third-order valence-corrected chi connectivity index (χ3v) is 5.06. The first kappa shape index (κ1) is 16.0. The molecule has 1 fully saturated rings. The van der Waals surface area contributed by atoms with Crippen LogP contribution in [-0.2, 0) is 13.0 Å². The Bertz CT molecular complexity index is 793. The zero-order chi connectivity index (χ0) is 17.4. The van der Waals surface area contributed by atoms with Gasteiger partial charge in [-0.3, -0.25) is 0 Å². The lowest BCUT2D eigenvalue weighted by Crippen LogP contribution is -2.35. The van der Waals surface area contributed by atoms with Crippen molar-refractivity contribution >= 4 is 5.96 Å². The number of nitrogens with zero attached hydrogens (tertiary/aromatic N) is 2. The quantitative estimate of drug-likeness (QED) is 0.686. The molecular weight excluding hydrogens is 310 g/mol. The van der Waals surface area contributed by atoms with Gasteiger partial charge in [-0.25, -0.2) is 4.99 Å². The molecule has 1 aliphatic carbocycles. The molecule has 4 nitrogen and oxygen atoms in total. The minimum absolute atomic E-state index is 0.282. The maximum absolute atomic E-state index is 6.05. The summed E-state index contributed by atoms with van der Waals surface area (Å²) in [6, 6.07) is 15.6. The fourth-order valence-electron chi connectivity index (χ4n) is 3.34. The second-order valence-corrected chi connectivity index (χ2v) is 7.17. The van der Waals surface area contributed by atoms with Crippen molar-refractivity contribution in [2.24, 2.45) is 10.7 Å². The molecule has 0 spiro atoms. The molecule has 1 aliphatic heterocycles. The monoisotopic (exact) mass is 335 g/mol. The fourth-order valence-corrected chi connectivity index (χ4v) is 3.34. The lowest BCUT2D eigenvalue weighted by Gasteiger charge is -2.16. The Balaban J connectivity index is 1.45. The smallest absolute Gasteiger partial charge is 0.191 e. The fraction of sp³-hybridized carbons (Fsp3) is 0.381. The molecule has 1 saturated carbocycles. The summed E-state index contributed by atoms with van der Waals surface area (Å²) in [4.78, 5) is 6.60. The van der Waals surface area contributed by atoms with Crippen LogP contribution in [0.5, 0.6) is 5.75 Å². The van der Waals surface area contributed by atoms with Crippen LogP contribution < -0.4 is 10.5 Å². The summed E-state index contributed by atoms with van der Waals surface area (Å²) < 4.78 is 5.78. The van der Waals surface area contributed by atoms with Gasteiger partial charge >= 0.3 is 0 Å². The van der Waals surface area contributed by atoms with Gasteiger partial charge in [-0.2, -0.15) is 0 Å². The number of hydrogen-bond donors (Lipinski definition) is 1. The van der Waals surface area contributed by atoms with Crippen molar-refractivity contribution in [2.75, 3.05) is 7.05 Å². The molecule has 2 N–H and O–H groups in total. The highest BCUT2D eigenvalue weighted by molar-refractivity contribution is 5.78. The summed E-state index contributed by atoms with van der Waals surface area (Å²) in [6.07, 6.45) is 3.73. The number of ether oxygens (including phenoxy) is 1. The topological polar surface area (TPSA) is 50.8 Å². The van der Waals surface area contributed by atoms with E-state index in [0.717, 1.165) is 12.2 Å². The lowest BCUT2D eigenvalue weighted by molar-refractivity contribution is 0.254. The van der Waals surface area contributed by atoms with Gasteiger partial charge in [0.05, 0.1) is 6.54 Å². The van der Waals surface area contributed by atoms with Crippen LogP contribution in [0.15, 0.2) is 47.5 Å². The van der Waals surface area contributed by atoms with Crippen molar-refractivity contribution in [3.8, 4) is 16.9 Å². The van der Waals surface area contributed by atoms with Crippen LogP contribution in [-0.4, -0.2) is 30.1 Å². The Morgan fingerprint density at radius 1 is 1.16 bits per heavy atom. The number of nitrogens with two attached hydrogens (primary N) is 1. The highest BCUT2D eigenvalue weighted by Crippen LogP contribution is 2.33. The Morgan fingerprint density at radius 3 is 2.60 bits per heavy atom. The van der Waals surface area contributed by atoms with Gasteiger partial charge in [-0.15, -0.1) is 0 Å². The number of hydrogen-bond acceptors (Lipinski definition) is 2. The third kappa shape index (κ3) is 3.48. The minimum atomic E-state index is 0.282. The van der Waals surface area contributed by atoms with Crippen LogP contribution in [0.3, 0.4) is 0 Å². The van der Waals surface area contributed by atoms with Gasteiger partial charge in [0, 0.05) is 19.5 Å². The minimum Gasteiger partial charge on any atom is -0.490 e. The van der Waals surface area contributed by atoms with Crippen LogP contribution in [0.25, 0.3) is 11.1 Å². The Hall–Kier alpha value is -2.49. The highest BCUT2D eigenvalue weighted by atomic mass is 16.5. The van der Waals surface area contributed by atoms with Gasteiger partial charge in [-0.05, 0) is 54.2 Å². The summed E-state index contributed by atoms with van der Waals surface area (Å²) in [5, 5.41) is 0. The molecule has 2 aliphatic rings. The van der Waals surface area contributed by atoms with Crippen LogP contribution >= 0.6 is 0 Å². The van der Waals surface area contributed by atoms with E-state index in [9.17, 15) is 0 Å². The van der Waals surface area contributed by atoms with Gasteiger partial charge in [0.1, 0.15) is 11.9 Å². The number of benzene rings is 2. The van der Waals surface area contributed by atoms with Crippen LogP contribution in [0, 0.1) is 0 Å². The normalized spacial score (nSPS) is 19.4. The molecule has 4 rings (SSSR count). The van der Waals surface area contributed by atoms with Gasteiger partial charge < -0.3 is 15.4 Å². The summed E-state index contributed by atoms with van der Waals surface area (Å²) in [6.45, 7) is 2.74. The molecule has 130 valence electrons. The van der Waals surface area contributed by atoms with E-state index in [4.69, 9.17) is 10.5 Å². The van der Waals surface area contributed by atoms with E-state index in [0.29, 0.717) is 18.5 Å². The molecule has 0 saturated heterocycles. The van der Waals surface area contributed by atoms with Crippen molar-refractivity contribution in [2.45, 2.75) is 44.9 Å². The molecule has 0 aromatic heterocycles. The molecule has 1 unspecified atom stereocenters. The molecule has 0 bridgehead atoms. The van der Waals surface area contributed by atoms with Gasteiger partial charge in [0.2, 0.25) is 0 Å². The number of aliphatic imine (C=N–C) groups is 1. The van der Waals surface area contributed by atoms with Crippen molar-refractivity contribution in [3.05, 3.63) is 53.6 Å². The zero-order valence-corrected chi connectivity index (χ0v) is 14.9. The van der Waals surface area contributed by atoms with Crippen molar-refractivity contribution in [1.29, 1.82) is 0 Å². The Kier molecular flexibility index (Phi) is 4.12. The van der Waals surface area contributed by atoms with E-state index in [1.807, 2.05) is 7.05 Å². The van der Waals surface area contributed by atoms with Crippen molar-refractivity contribution in [3.63, 3.8) is 0 Å². The predicted octanol–water partition coefficient (Wildman–Crippen LogP) is 3.59. The second-order valence-electron chi connectivity index (χ2n) is 7.17. The first-order chi connectivity index (χ1) is 12.1. The van der Waals surface area contributed by atoms with Crippen LogP contribution in [0.4, 0.5) is 0 Å². The third-order valence-electron chi connectivity index (χ3n) is 5.06. The molecular formula is C21H25N3O. The Morgan fingerprint density at radius 2 is 1.88 bits per heavy atom. The van der Waals surface area contributed by atoms with Gasteiger partial charge in [0.15, 0.2) is 5.96 Å². The molecule has 2 aromatic rings. The van der Waals surface area contributed by atoms with Crippen LogP contribution in [0.2, 0.25) is 0 Å². The number of fused-ring (bicyclic) bond motifs is 1. The van der Waals surface area contributed by atoms with E-state index in [1.165, 1.54) is 35.1 Å². The molecule has 4 heteroatoms. The first-order valence-electron chi connectivity index (χ1n) is 9.02. The summed E-state index contributed by atoms with van der Waals surface area (Å²) >= 11 is 0. The Labute approximate surface area is 149 Å². The molecule has 0 radical (unpaired) electrons. The van der Waals surface area contributed by atoms with E-state index < -0.39 is 0 Å². The lowest BCUT2D eigenvalue weighted by atomic mass is 10.00. The summed E-state index contributed by atoms with van der Waals surface area (Å²) in [7, 11) is 2.03. The standard InChI is InChI=1S/C21H25N3O/c1-14-11-18-12-17(7-10-20(18)25-14)16-5-3-15(4-6-16)13-23-21(22)24(2)19-8-9-19/h3-7,10,12,14,19H,8-9,11,13H2,1-2H3,(H2,22,23). The van der Waals surface area contributed by atoms with E-state index in [1.54, 1.807) is 0 Å². The SMILES string of the molecule is CC1Cc2cc(-c3ccc(CN=C(N)N(C)C4CC4)cc3)ccc2O1. The van der Waals surface area contributed by atoms with Crippen molar-refractivity contribution < 1.29 is 4.74 Å². The number of guanidine groups is 1. The highest BCUT2D eigenvalue weighted by Gasteiger charge is 2.27. The predicted molar refractivity (Wildman–Crippen MR) is 102 cm³/mol. The molecule has 2 aromatic carbocycles. The average Bonchev–Trinajstić information content (AvgIpc) is 3.40. The maximum atomic E-state index is 6.05. The van der Waals surface area contributed by atoms with Crippen LogP contribution in [0.1, 0.15) is 30.9 Å². The van der Waals surface area contributed by atoms with E-state index in [-0.39, 0.29) is 6.10 Å². The largest absolute Gasteiger partial charge is 0.490 e. The molecule has 25 heavy (non-hydrogen) atoms. The second kappa shape index (κ2) is 6.43. The first-order valence-corrected chi connectivity index (χ1v) is 9.02. The van der Waals surface area contributed by atoms with E-state index >= 15 is 0 Å². The average molecular weight is 335 g/mol. The van der Waals surface area contributed by atoms with Crippen molar-refractivity contribution in [1.82, 2.24) is 4.90 Å². The maximum Gasteiger partial charge on any atom is 0.191 e. The van der Waals surface area contributed by atoms with Gasteiger partial charge in [-0.1, -0.05) is 30.3 Å². The summed E-state index contributed by atoms with van der Waals surface area (Å²) in [5.41, 5.74) is 11.0. The molecule has 1 heterocycles. The zero-order valence-electron chi connectivity index (χ0n) is 14.9. The number of rotatable bonds is 4. The molecule has 1 atom stereocenters. The van der Waals surface area contributed by atoms with Gasteiger partial charge in [0.25, 0.3) is 0 Å². The van der Waals surface area contributed by atoms with E-state index in [2.05, 4.69) is 59.3 Å². The molecule has 0 amide bonds.